The number of hydrogen-bond donors (Lipinski definition) is 1. The topological polar surface area (TPSA) is 20.2 Å². The molecule has 1 nitrogen and oxygen atoms in total. The summed E-state index contributed by atoms with van der Waals surface area (Å²) in [5, 5.41) is 9.10. The van der Waals surface area contributed by atoms with Gasteiger partial charge in [-0.2, -0.15) is 0 Å². The van der Waals surface area contributed by atoms with Crippen molar-refractivity contribution in [2.75, 3.05) is 0 Å². The van der Waals surface area contributed by atoms with E-state index >= 15 is 0 Å². The van der Waals surface area contributed by atoms with Crippen LogP contribution in [0, 0.1) is 13.8 Å². The molecule has 0 aromatic heterocycles. The molecule has 0 unspecified atom stereocenters. The van der Waals surface area contributed by atoms with Gasteiger partial charge in [-0.25, -0.2) is 0 Å². The van der Waals surface area contributed by atoms with Gasteiger partial charge in [-0.15, -0.1) is 0 Å². The molecule has 0 saturated carbocycles. The molecular formula is C12H22O. The Morgan fingerprint density at radius 2 is 1.38 bits per heavy atom. The third-order valence-electron chi connectivity index (χ3n) is 1.58. The van der Waals surface area contributed by atoms with Crippen molar-refractivity contribution in [1.29, 1.82) is 0 Å². The molecule has 1 rings (SSSR count). The largest absolute Gasteiger partial charge is 0.508 e. The number of aryl methyl sites for hydroxylation is 1. The summed E-state index contributed by atoms with van der Waals surface area (Å²) < 4.78 is 0. The zero-order valence-corrected chi connectivity index (χ0v) is 9.68. The van der Waals surface area contributed by atoms with Crippen molar-refractivity contribution in [1.82, 2.24) is 0 Å². The van der Waals surface area contributed by atoms with Crippen LogP contribution in [0.2, 0.25) is 0 Å². The van der Waals surface area contributed by atoms with Crippen molar-refractivity contribution < 1.29 is 5.11 Å². The average molecular weight is 182 g/mol. The van der Waals surface area contributed by atoms with E-state index in [1.54, 1.807) is 6.07 Å². The van der Waals surface area contributed by atoms with Crippen LogP contribution < -0.4 is 0 Å². The third kappa shape index (κ3) is 5.29. The van der Waals surface area contributed by atoms with E-state index < -0.39 is 0 Å². The fraction of sp³-hybridized carbons (Fsp3) is 0.500. The van der Waals surface area contributed by atoms with Gasteiger partial charge in [0.05, 0.1) is 0 Å². The van der Waals surface area contributed by atoms with Crippen LogP contribution in [0.15, 0.2) is 18.2 Å². The fourth-order valence-corrected chi connectivity index (χ4v) is 0.736. The number of phenols is 1. The minimum Gasteiger partial charge on any atom is -0.508 e. The molecule has 0 saturated heterocycles. The highest BCUT2D eigenvalue weighted by Gasteiger charge is 1.94. The van der Waals surface area contributed by atoms with Gasteiger partial charge in [-0.05, 0) is 31.0 Å². The van der Waals surface area contributed by atoms with Gasteiger partial charge in [0.25, 0.3) is 0 Å². The second kappa shape index (κ2) is 9.11. The summed E-state index contributed by atoms with van der Waals surface area (Å²) in [6.07, 6.45) is 0. The first-order chi connectivity index (χ1) is 6.22. The fourth-order valence-electron chi connectivity index (χ4n) is 0.736. The molecule has 1 N–H and O–H groups in total. The van der Waals surface area contributed by atoms with Crippen LogP contribution in [0.25, 0.3) is 0 Å². The highest BCUT2D eigenvalue weighted by molar-refractivity contribution is 5.36. The Bertz CT molecular complexity index is 196. The van der Waals surface area contributed by atoms with Crippen molar-refractivity contribution in [3.05, 3.63) is 29.3 Å². The highest BCUT2D eigenvalue weighted by Crippen LogP contribution is 2.17. The molecule has 0 aliphatic carbocycles. The van der Waals surface area contributed by atoms with E-state index in [0.717, 1.165) is 11.1 Å². The van der Waals surface area contributed by atoms with Gasteiger partial charge in [-0.1, -0.05) is 39.8 Å². The summed E-state index contributed by atoms with van der Waals surface area (Å²) in [6.45, 7) is 11.9. The molecule has 0 heterocycles. The molecule has 0 aliphatic rings. The predicted molar refractivity (Wildman–Crippen MR) is 60.3 cm³/mol. The number of aromatic hydroxyl groups is 1. The molecular weight excluding hydrogens is 160 g/mol. The van der Waals surface area contributed by atoms with Crippen LogP contribution >= 0.6 is 0 Å². The normalized spacial score (nSPS) is 7.54. The molecule has 1 aromatic rings. The molecule has 0 atom stereocenters. The first kappa shape index (κ1) is 14.5. The van der Waals surface area contributed by atoms with E-state index in [-0.39, 0.29) is 0 Å². The Hall–Kier alpha value is -0.980. The van der Waals surface area contributed by atoms with Crippen LogP contribution in [-0.4, -0.2) is 5.11 Å². The van der Waals surface area contributed by atoms with Crippen LogP contribution in [0.1, 0.15) is 38.8 Å². The summed E-state index contributed by atoms with van der Waals surface area (Å²) in [7, 11) is 0. The smallest absolute Gasteiger partial charge is 0.118 e. The lowest BCUT2D eigenvalue weighted by Gasteiger charge is -1.99. The van der Waals surface area contributed by atoms with Gasteiger partial charge in [-0.3, -0.25) is 0 Å². The summed E-state index contributed by atoms with van der Waals surface area (Å²) in [5.41, 5.74) is 2.10. The van der Waals surface area contributed by atoms with Crippen molar-refractivity contribution in [2.24, 2.45) is 0 Å². The number of rotatable bonds is 0. The van der Waals surface area contributed by atoms with Crippen LogP contribution in [-0.2, 0) is 0 Å². The van der Waals surface area contributed by atoms with Gasteiger partial charge in [0.1, 0.15) is 5.75 Å². The van der Waals surface area contributed by atoms with Crippen molar-refractivity contribution in [3.8, 4) is 5.75 Å². The molecule has 76 valence electrons. The molecule has 0 fully saturated rings. The van der Waals surface area contributed by atoms with Crippen molar-refractivity contribution in [2.45, 2.75) is 41.5 Å². The molecule has 1 heteroatoms. The predicted octanol–water partition coefficient (Wildman–Crippen LogP) is 4.06. The van der Waals surface area contributed by atoms with E-state index in [0.29, 0.717) is 5.75 Å². The zero-order valence-electron chi connectivity index (χ0n) is 9.68. The van der Waals surface area contributed by atoms with Gasteiger partial charge in [0.2, 0.25) is 0 Å². The van der Waals surface area contributed by atoms with E-state index in [2.05, 4.69) is 0 Å². The van der Waals surface area contributed by atoms with Crippen LogP contribution in [0.3, 0.4) is 0 Å². The number of hydrogen-bond acceptors (Lipinski definition) is 1. The first-order valence-corrected chi connectivity index (χ1v) is 4.97. The minimum absolute atomic E-state index is 0.384. The van der Waals surface area contributed by atoms with E-state index in [4.69, 9.17) is 5.11 Å². The maximum absolute atomic E-state index is 9.10. The number of phenolic OH excluding ortho intramolecular Hbond substituents is 1. The van der Waals surface area contributed by atoms with E-state index in [1.165, 1.54) is 0 Å². The lowest BCUT2D eigenvalue weighted by molar-refractivity contribution is 0.470. The summed E-state index contributed by atoms with van der Waals surface area (Å²) >= 11 is 0. The van der Waals surface area contributed by atoms with Crippen LogP contribution in [0.4, 0.5) is 0 Å². The van der Waals surface area contributed by atoms with E-state index in [9.17, 15) is 0 Å². The molecule has 1 aromatic carbocycles. The monoisotopic (exact) mass is 182 g/mol. The van der Waals surface area contributed by atoms with E-state index in [1.807, 2.05) is 53.7 Å². The quantitative estimate of drug-likeness (QED) is 0.641. The molecule has 13 heavy (non-hydrogen) atoms. The van der Waals surface area contributed by atoms with Crippen molar-refractivity contribution in [3.63, 3.8) is 0 Å². The average Bonchev–Trinajstić information content (AvgIpc) is 2.20. The lowest BCUT2D eigenvalue weighted by atomic mass is 10.1. The minimum atomic E-state index is 0.384. The molecule has 0 amide bonds. The standard InChI is InChI=1S/C8H10O.2C2H6/c1-6-4-3-5-8(9)7(6)2;2*1-2/h3-5,9H,1-2H3;2*1-2H3. The maximum atomic E-state index is 9.10. The summed E-state index contributed by atoms with van der Waals surface area (Å²) in [4.78, 5) is 0. The van der Waals surface area contributed by atoms with Gasteiger partial charge in [0, 0.05) is 0 Å². The lowest BCUT2D eigenvalue weighted by Crippen LogP contribution is -1.78. The van der Waals surface area contributed by atoms with Crippen LogP contribution in [0.5, 0.6) is 5.75 Å². The second-order valence-corrected chi connectivity index (χ2v) is 2.22. The summed E-state index contributed by atoms with van der Waals surface area (Å²) in [5.74, 6) is 0.384. The highest BCUT2D eigenvalue weighted by atomic mass is 16.3. The number of benzene rings is 1. The molecule has 0 radical (unpaired) electrons. The Morgan fingerprint density at radius 3 is 1.69 bits per heavy atom. The zero-order chi connectivity index (χ0) is 10.9. The van der Waals surface area contributed by atoms with Gasteiger partial charge >= 0.3 is 0 Å². The Morgan fingerprint density at radius 1 is 0.923 bits per heavy atom. The Balaban J connectivity index is 0. The first-order valence-electron chi connectivity index (χ1n) is 4.97. The molecule has 0 bridgehead atoms. The van der Waals surface area contributed by atoms with Crippen molar-refractivity contribution >= 4 is 0 Å². The van der Waals surface area contributed by atoms with Gasteiger partial charge in [0.15, 0.2) is 0 Å². The third-order valence-corrected chi connectivity index (χ3v) is 1.58. The Kier molecular flexibility index (Phi) is 10.2. The second-order valence-electron chi connectivity index (χ2n) is 2.22. The molecule has 0 spiro atoms. The summed E-state index contributed by atoms with van der Waals surface area (Å²) in [6, 6.07) is 5.52. The van der Waals surface area contributed by atoms with Gasteiger partial charge < -0.3 is 5.11 Å². The Labute approximate surface area is 82.4 Å². The SMILES string of the molecule is CC.CC.Cc1cccc(O)c1C. The maximum Gasteiger partial charge on any atom is 0.118 e. The molecule has 0 aliphatic heterocycles.